The largest absolute Gasteiger partial charge is 0.397 e. The minimum Gasteiger partial charge on any atom is -0.397 e. The Morgan fingerprint density at radius 2 is 1.57 bits per heavy atom. The van der Waals surface area contributed by atoms with E-state index in [0.717, 1.165) is 42.9 Å². The molecule has 1 heterocycles. The zero-order chi connectivity index (χ0) is 14.7. The summed E-state index contributed by atoms with van der Waals surface area (Å²) in [6, 6.07) is 16.7. The maximum Gasteiger partial charge on any atom is 0.0600 e. The normalized spacial score (nSPS) is 16.1. The summed E-state index contributed by atoms with van der Waals surface area (Å²) in [5.74, 6) is 0. The van der Waals surface area contributed by atoms with Gasteiger partial charge in [-0.3, -0.25) is 4.90 Å². The summed E-state index contributed by atoms with van der Waals surface area (Å²) in [4.78, 5) is 4.88. The number of rotatable bonds is 3. The van der Waals surface area contributed by atoms with E-state index < -0.39 is 0 Å². The number of nitrogens with two attached hydrogens (primary N) is 1. The van der Waals surface area contributed by atoms with E-state index in [2.05, 4.69) is 62.1 Å². The molecule has 0 radical (unpaired) electrons. The standard InChI is InChI=1S/C17H20BrN3/c18-15-7-5-14(6-8-15)13-20-9-11-21(12-10-20)17-4-2-1-3-16(17)19/h1-8H,9-13,19H2. The molecule has 1 aliphatic heterocycles. The van der Waals surface area contributed by atoms with Crippen LogP contribution in [0.3, 0.4) is 0 Å². The van der Waals surface area contributed by atoms with Crippen LogP contribution in [-0.2, 0) is 6.54 Å². The Bertz CT molecular complexity index is 589. The lowest BCUT2D eigenvalue weighted by Gasteiger charge is -2.36. The summed E-state index contributed by atoms with van der Waals surface area (Å²) in [5, 5.41) is 0. The van der Waals surface area contributed by atoms with Crippen molar-refractivity contribution >= 4 is 27.3 Å². The van der Waals surface area contributed by atoms with Gasteiger partial charge in [0.25, 0.3) is 0 Å². The zero-order valence-electron chi connectivity index (χ0n) is 12.0. The van der Waals surface area contributed by atoms with E-state index in [-0.39, 0.29) is 0 Å². The molecule has 2 aromatic rings. The van der Waals surface area contributed by atoms with Crippen LogP contribution in [0.2, 0.25) is 0 Å². The molecule has 1 fully saturated rings. The molecule has 0 atom stereocenters. The third kappa shape index (κ3) is 3.57. The highest BCUT2D eigenvalue weighted by atomic mass is 79.9. The zero-order valence-corrected chi connectivity index (χ0v) is 13.6. The molecule has 1 saturated heterocycles. The Kier molecular flexibility index (Phi) is 4.46. The lowest BCUT2D eigenvalue weighted by atomic mass is 10.2. The maximum atomic E-state index is 6.06. The molecule has 0 amide bonds. The third-order valence-electron chi connectivity index (χ3n) is 3.97. The van der Waals surface area contributed by atoms with Gasteiger partial charge in [0.1, 0.15) is 0 Å². The first-order valence-corrected chi connectivity index (χ1v) is 8.08. The van der Waals surface area contributed by atoms with Crippen LogP contribution < -0.4 is 10.6 Å². The fourth-order valence-corrected chi connectivity index (χ4v) is 3.03. The molecule has 0 aromatic heterocycles. The Labute approximate surface area is 134 Å². The molecular weight excluding hydrogens is 326 g/mol. The van der Waals surface area contributed by atoms with Crippen molar-refractivity contribution in [3.63, 3.8) is 0 Å². The van der Waals surface area contributed by atoms with Crippen molar-refractivity contribution in [3.05, 3.63) is 58.6 Å². The minimum absolute atomic E-state index is 0.874. The molecule has 3 rings (SSSR count). The monoisotopic (exact) mass is 345 g/mol. The summed E-state index contributed by atoms with van der Waals surface area (Å²) >= 11 is 3.48. The van der Waals surface area contributed by atoms with Crippen LogP contribution in [0, 0.1) is 0 Å². The van der Waals surface area contributed by atoms with E-state index in [1.54, 1.807) is 0 Å². The number of hydrogen-bond acceptors (Lipinski definition) is 3. The Morgan fingerprint density at radius 3 is 2.24 bits per heavy atom. The van der Waals surface area contributed by atoms with Gasteiger partial charge in [-0.15, -0.1) is 0 Å². The summed E-state index contributed by atoms with van der Waals surface area (Å²) in [5.41, 5.74) is 9.47. The van der Waals surface area contributed by atoms with Gasteiger partial charge in [-0.2, -0.15) is 0 Å². The van der Waals surface area contributed by atoms with E-state index >= 15 is 0 Å². The second-order valence-corrected chi connectivity index (χ2v) is 6.36. The summed E-state index contributed by atoms with van der Waals surface area (Å²) in [6.07, 6.45) is 0. The molecule has 110 valence electrons. The number of nitrogen functional groups attached to an aromatic ring is 1. The number of hydrogen-bond donors (Lipinski definition) is 1. The SMILES string of the molecule is Nc1ccccc1N1CCN(Cc2ccc(Br)cc2)CC1. The van der Waals surface area contributed by atoms with Crippen LogP contribution in [0.5, 0.6) is 0 Å². The van der Waals surface area contributed by atoms with Gasteiger partial charge in [0.2, 0.25) is 0 Å². The van der Waals surface area contributed by atoms with Crippen LogP contribution in [0.25, 0.3) is 0 Å². The molecule has 4 heteroatoms. The smallest absolute Gasteiger partial charge is 0.0600 e. The van der Waals surface area contributed by atoms with Crippen LogP contribution in [-0.4, -0.2) is 31.1 Å². The second-order valence-electron chi connectivity index (χ2n) is 5.45. The van der Waals surface area contributed by atoms with Gasteiger partial charge in [-0.05, 0) is 29.8 Å². The predicted molar refractivity (Wildman–Crippen MR) is 92.5 cm³/mol. The van der Waals surface area contributed by atoms with Crippen molar-refractivity contribution < 1.29 is 0 Å². The second kappa shape index (κ2) is 6.50. The fourth-order valence-electron chi connectivity index (χ4n) is 2.77. The number of benzene rings is 2. The van der Waals surface area contributed by atoms with Gasteiger partial charge >= 0.3 is 0 Å². The maximum absolute atomic E-state index is 6.06. The first-order chi connectivity index (χ1) is 10.2. The van der Waals surface area contributed by atoms with Gasteiger partial charge in [-0.25, -0.2) is 0 Å². The van der Waals surface area contributed by atoms with E-state index in [1.807, 2.05) is 12.1 Å². The lowest BCUT2D eigenvalue weighted by Crippen LogP contribution is -2.46. The van der Waals surface area contributed by atoms with E-state index in [0.29, 0.717) is 0 Å². The topological polar surface area (TPSA) is 32.5 Å². The highest BCUT2D eigenvalue weighted by molar-refractivity contribution is 9.10. The van der Waals surface area contributed by atoms with Crippen molar-refractivity contribution in [2.24, 2.45) is 0 Å². The molecular formula is C17H20BrN3. The van der Waals surface area contributed by atoms with Crippen molar-refractivity contribution in [2.75, 3.05) is 36.8 Å². The first kappa shape index (κ1) is 14.4. The van der Waals surface area contributed by atoms with Gasteiger partial charge in [0, 0.05) is 37.2 Å². The van der Waals surface area contributed by atoms with Crippen molar-refractivity contribution in [1.29, 1.82) is 0 Å². The predicted octanol–water partition coefficient (Wildman–Crippen LogP) is 3.35. The summed E-state index contributed by atoms with van der Waals surface area (Å²) in [6.45, 7) is 5.23. The van der Waals surface area contributed by atoms with E-state index in [1.165, 1.54) is 11.3 Å². The molecule has 21 heavy (non-hydrogen) atoms. The molecule has 2 N–H and O–H groups in total. The average Bonchev–Trinajstić information content (AvgIpc) is 2.51. The molecule has 0 aliphatic carbocycles. The van der Waals surface area contributed by atoms with Gasteiger partial charge in [0.15, 0.2) is 0 Å². The molecule has 1 aliphatic rings. The highest BCUT2D eigenvalue weighted by Crippen LogP contribution is 2.24. The quantitative estimate of drug-likeness (QED) is 0.865. The third-order valence-corrected chi connectivity index (χ3v) is 4.50. The number of nitrogens with zero attached hydrogens (tertiary/aromatic N) is 2. The van der Waals surface area contributed by atoms with Gasteiger partial charge in [0.05, 0.1) is 11.4 Å². The summed E-state index contributed by atoms with van der Waals surface area (Å²) < 4.78 is 1.13. The molecule has 0 spiro atoms. The molecule has 0 bridgehead atoms. The van der Waals surface area contributed by atoms with Crippen LogP contribution >= 0.6 is 15.9 Å². The van der Waals surface area contributed by atoms with Crippen LogP contribution in [0.4, 0.5) is 11.4 Å². The van der Waals surface area contributed by atoms with Crippen LogP contribution in [0.1, 0.15) is 5.56 Å². The Balaban J connectivity index is 1.58. The first-order valence-electron chi connectivity index (χ1n) is 7.28. The van der Waals surface area contributed by atoms with Crippen molar-refractivity contribution in [2.45, 2.75) is 6.54 Å². The summed E-state index contributed by atoms with van der Waals surface area (Å²) in [7, 11) is 0. The number of piperazine rings is 1. The fraction of sp³-hybridized carbons (Fsp3) is 0.294. The Morgan fingerprint density at radius 1 is 0.905 bits per heavy atom. The van der Waals surface area contributed by atoms with Crippen molar-refractivity contribution in [1.82, 2.24) is 4.90 Å². The number of para-hydroxylation sites is 2. The lowest BCUT2D eigenvalue weighted by molar-refractivity contribution is 0.250. The number of halogens is 1. The molecule has 3 nitrogen and oxygen atoms in total. The Hall–Kier alpha value is -1.52. The number of anilines is 2. The molecule has 0 unspecified atom stereocenters. The van der Waals surface area contributed by atoms with Crippen molar-refractivity contribution in [3.8, 4) is 0 Å². The molecule has 2 aromatic carbocycles. The van der Waals surface area contributed by atoms with Crippen LogP contribution in [0.15, 0.2) is 53.0 Å². The average molecular weight is 346 g/mol. The highest BCUT2D eigenvalue weighted by Gasteiger charge is 2.18. The van der Waals surface area contributed by atoms with E-state index in [9.17, 15) is 0 Å². The van der Waals surface area contributed by atoms with Gasteiger partial charge < -0.3 is 10.6 Å². The minimum atomic E-state index is 0.874. The molecule has 0 saturated carbocycles. The van der Waals surface area contributed by atoms with E-state index in [4.69, 9.17) is 5.73 Å². The van der Waals surface area contributed by atoms with Gasteiger partial charge in [-0.1, -0.05) is 40.2 Å².